The Balaban J connectivity index is 1.74. The number of rotatable bonds is 2. The third kappa shape index (κ3) is 2.78. The summed E-state index contributed by atoms with van der Waals surface area (Å²) >= 11 is 12.5. The molecule has 0 fully saturated rings. The van der Waals surface area contributed by atoms with Gasteiger partial charge in [-0.15, -0.1) is 0 Å². The number of benzene rings is 1. The van der Waals surface area contributed by atoms with E-state index in [1.54, 1.807) is 11.0 Å². The van der Waals surface area contributed by atoms with Gasteiger partial charge in [0.25, 0.3) is 5.91 Å². The average molecular weight is 406 g/mol. The molecule has 9 heteroatoms. The highest BCUT2D eigenvalue weighted by Crippen LogP contribution is 2.40. The van der Waals surface area contributed by atoms with Gasteiger partial charge in [0.15, 0.2) is 0 Å². The van der Waals surface area contributed by atoms with Crippen molar-refractivity contribution in [3.8, 4) is 5.88 Å². The maximum absolute atomic E-state index is 13.0. The number of nitrogen functional groups attached to an aromatic ring is 1. The molecule has 0 spiro atoms. The van der Waals surface area contributed by atoms with Crippen molar-refractivity contribution in [2.75, 3.05) is 19.4 Å². The molecule has 0 saturated carbocycles. The van der Waals surface area contributed by atoms with Crippen LogP contribution in [0.3, 0.4) is 0 Å². The minimum atomic E-state index is -0.277. The third-order valence-corrected chi connectivity index (χ3v) is 5.70. The van der Waals surface area contributed by atoms with Crippen molar-refractivity contribution in [2.45, 2.75) is 19.4 Å². The van der Waals surface area contributed by atoms with Crippen LogP contribution in [0.4, 0.5) is 5.69 Å². The molecule has 2 aromatic heterocycles. The number of carbonyl (C=O) groups excluding carboxylic acids is 1. The smallest absolute Gasteiger partial charge is 0.292 e. The fourth-order valence-electron chi connectivity index (χ4n) is 3.58. The Morgan fingerprint density at radius 1 is 1.41 bits per heavy atom. The molecular formula is C18H17Cl2N5O2. The summed E-state index contributed by atoms with van der Waals surface area (Å²) in [6.45, 7) is 2.50. The van der Waals surface area contributed by atoms with Gasteiger partial charge in [0.05, 0.1) is 34.9 Å². The Bertz CT molecular complexity index is 1070. The van der Waals surface area contributed by atoms with Gasteiger partial charge in [-0.1, -0.05) is 29.3 Å². The number of H-pyrrole nitrogens is 1. The van der Waals surface area contributed by atoms with Gasteiger partial charge in [0.2, 0.25) is 11.7 Å². The number of aromatic amines is 1. The molecule has 4 rings (SSSR count). The molecule has 140 valence electrons. The molecule has 3 N–H and O–H groups in total. The van der Waals surface area contributed by atoms with Crippen LogP contribution in [0.1, 0.15) is 34.8 Å². The van der Waals surface area contributed by atoms with Gasteiger partial charge in [-0.25, -0.2) is 4.98 Å². The highest BCUT2D eigenvalue weighted by molar-refractivity contribution is 6.45. The van der Waals surface area contributed by atoms with Crippen LogP contribution < -0.4 is 10.5 Å². The van der Waals surface area contributed by atoms with Gasteiger partial charge in [0, 0.05) is 29.6 Å². The summed E-state index contributed by atoms with van der Waals surface area (Å²) in [4.78, 5) is 26.3. The SMILES string of the molecule is COc1nc(C(=O)N2CCc3[nH]c4c(Cl)c(Cl)ccc4c3[C@@H]2C)ncc1N. The van der Waals surface area contributed by atoms with E-state index in [-0.39, 0.29) is 29.3 Å². The number of nitrogens with two attached hydrogens (primary N) is 1. The molecule has 0 aliphatic carbocycles. The minimum Gasteiger partial charge on any atom is -0.479 e. The van der Waals surface area contributed by atoms with Crippen LogP contribution in [0, 0.1) is 0 Å². The summed E-state index contributed by atoms with van der Waals surface area (Å²) < 4.78 is 5.10. The van der Waals surface area contributed by atoms with Crippen molar-refractivity contribution in [1.29, 1.82) is 0 Å². The molecule has 0 unspecified atom stereocenters. The Morgan fingerprint density at radius 3 is 2.93 bits per heavy atom. The van der Waals surface area contributed by atoms with E-state index in [9.17, 15) is 4.79 Å². The summed E-state index contributed by atoms with van der Waals surface area (Å²) in [5.41, 5.74) is 8.91. The summed E-state index contributed by atoms with van der Waals surface area (Å²) in [7, 11) is 1.45. The fraction of sp³-hybridized carbons (Fsp3) is 0.278. The van der Waals surface area contributed by atoms with Crippen molar-refractivity contribution in [3.63, 3.8) is 0 Å². The van der Waals surface area contributed by atoms with Gasteiger partial charge in [-0.2, -0.15) is 4.98 Å². The number of nitrogens with zero attached hydrogens (tertiary/aromatic N) is 3. The maximum atomic E-state index is 13.0. The second-order valence-electron chi connectivity index (χ2n) is 6.38. The lowest BCUT2D eigenvalue weighted by molar-refractivity contribution is 0.0664. The first kappa shape index (κ1) is 17.9. The zero-order valence-electron chi connectivity index (χ0n) is 14.7. The molecule has 1 aliphatic heterocycles. The molecular weight excluding hydrogens is 389 g/mol. The average Bonchev–Trinajstić information content (AvgIpc) is 3.05. The van der Waals surface area contributed by atoms with Gasteiger partial charge < -0.3 is 20.4 Å². The first-order valence-corrected chi connectivity index (χ1v) is 9.14. The first-order chi connectivity index (χ1) is 12.9. The predicted octanol–water partition coefficient (Wildman–Crippen LogP) is 3.62. The number of methoxy groups -OCH3 is 1. The van der Waals surface area contributed by atoms with Crippen LogP contribution in [-0.2, 0) is 6.42 Å². The number of hydrogen-bond acceptors (Lipinski definition) is 5. The third-order valence-electron chi connectivity index (χ3n) is 4.90. The molecule has 0 radical (unpaired) electrons. The van der Waals surface area contributed by atoms with Crippen LogP contribution in [0.15, 0.2) is 18.3 Å². The summed E-state index contributed by atoms with van der Waals surface area (Å²) in [5, 5.41) is 1.94. The Kier molecular flexibility index (Phi) is 4.36. The number of hydrogen-bond donors (Lipinski definition) is 2. The number of ether oxygens (including phenoxy) is 1. The second-order valence-corrected chi connectivity index (χ2v) is 7.17. The number of halogens is 2. The quantitative estimate of drug-likeness (QED) is 0.678. The van der Waals surface area contributed by atoms with E-state index in [2.05, 4.69) is 15.0 Å². The van der Waals surface area contributed by atoms with E-state index < -0.39 is 0 Å². The molecule has 3 heterocycles. The number of fused-ring (bicyclic) bond motifs is 3. The molecule has 27 heavy (non-hydrogen) atoms. The predicted molar refractivity (Wildman–Crippen MR) is 104 cm³/mol. The molecule has 1 aromatic carbocycles. The zero-order chi connectivity index (χ0) is 19.3. The van der Waals surface area contributed by atoms with E-state index in [1.807, 2.05) is 13.0 Å². The lowest BCUT2D eigenvalue weighted by Gasteiger charge is -2.33. The molecule has 0 bridgehead atoms. The maximum Gasteiger partial charge on any atom is 0.292 e. The van der Waals surface area contributed by atoms with Gasteiger partial charge >= 0.3 is 0 Å². The van der Waals surface area contributed by atoms with E-state index in [0.717, 1.165) is 22.2 Å². The Labute approximate surface area is 165 Å². The summed E-state index contributed by atoms with van der Waals surface area (Å²) in [6, 6.07) is 3.51. The highest BCUT2D eigenvalue weighted by Gasteiger charge is 2.33. The fourth-order valence-corrected chi connectivity index (χ4v) is 3.95. The van der Waals surface area contributed by atoms with Crippen molar-refractivity contribution in [1.82, 2.24) is 19.9 Å². The van der Waals surface area contributed by atoms with E-state index in [4.69, 9.17) is 33.7 Å². The minimum absolute atomic E-state index is 0.0530. The zero-order valence-corrected chi connectivity index (χ0v) is 16.2. The highest BCUT2D eigenvalue weighted by atomic mass is 35.5. The number of anilines is 1. The standard InChI is InChI=1S/C18H17Cl2N5O2/c1-8-13-9-3-4-10(19)14(20)15(9)23-12(13)5-6-25(8)18(26)16-22-7-11(21)17(24-16)27-2/h3-4,7-8,23H,5-6,21H2,1-2H3/t8-/m0/s1. The molecule has 1 aliphatic rings. The second kappa shape index (κ2) is 6.58. The first-order valence-electron chi connectivity index (χ1n) is 8.38. The lowest BCUT2D eigenvalue weighted by atomic mass is 9.97. The van der Waals surface area contributed by atoms with Crippen molar-refractivity contribution in [3.05, 3.63) is 45.5 Å². The number of carbonyl (C=O) groups is 1. The monoisotopic (exact) mass is 405 g/mol. The van der Waals surface area contributed by atoms with E-state index in [1.165, 1.54) is 13.3 Å². The molecule has 1 atom stereocenters. The van der Waals surface area contributed by atoms with E-state index >= 15 is 0 Å². The van der Waals surface area contributed by atoms with Gasteiger partial charge in [-0.3, -0.25) is 4.79 Å². The normalized spacial score (nSPS) is 16.4. The van der Waals surface area contributed by atoms with Gasteiger partial charge in [0.1, 0.15) is 5.69 Å². The largest absolute Gasteiger partial charge is 0.479 e. The van der Waals surface area contributed by atoms with Crippen LogP contribution in [0.5, 0.6) is 5.88 Å². The van der Waals surface area contributed by atoms with Crippen molar-refractivity contribution < 1.29 is 9.53 Å². The molecule has 1 amide bonds. The number of amides is 1. The van der Waals surface area contributed by atoms with Gasteiger partial charge in [-0.05, 0) is 13.0 Å². The van der Waals surface area contributed by atoms with Crippen molar-refractivity contribution >= 4 is 45.7 Å². The van der Waals surface area contributed by atoms with Crippen LogP contribution in [-0.4, -0.2) is 39.4 Å². The van der Waals surface area contributed by atoms with Crippen LogP contribution in [0.2, 0.25) is 10.0 Å². The summed E-state index contributed by atoms with van der Waals surface area (Å²) in [6.07, 6.45) is 2.05. The Morgan fingerprint density at radius 2 is 2.19 bits per heavy atom. The summed E-state index contributed by atoms with van der Waals surface area (Å²) in [5.74, 6) is -0.0367. The number of aromatic nitrogens is 3. The lowest BCUT2D eigenvalue weighted by Crippen LogP contribution is -2.39. The van der Waals surface area contributed by atoms with Crippen molar-refractivity contribution in [2.24, 2.45) is 0 Å². The Hall–Kier alpha value is -2.51. The molecule has 0 saturated heterocycles. The number of nitrogens with one attached hydrogen (secondary N) is 1. The van der Waals surface area contributed by atoms with Crippen LogP contribution >= 0.6 is 23.2 Å². The topological polar surface area (TPSA) is 97.1 Å². The molecule has 7 nitrogen and oxygen atoms in total. The van der Waals surface area contributed by atoms with Crippen LogP contribution in [0.25, 0.3) is 10.9 Å². The molecule has 3 aromatic rings. The van der Waals surface area contributed by atoms with E-state index in [0.29, 0.717) is 23.0 Å².